The molecule has 4 N–H and O–H groups in total. The van der Waals surface area contributed by atoms with Gasteiger partial charge in [-0.25, -0.2) is 0 Å². The van der Waals surface area contributed by atoms with Crippen molar-refractivity contribution in [3.63, 3.8) is 0 Å². The van der Waals surface area contributed by atoms with E-state index in [1.165, 1.54) is 12.1 Å². The first kappa shape index (κ1) is 51.5. The molecule has 0 saturated carbocycles. The van der Waals surface area contributed by atoms with Gasteiger partial charge in [0.1, 0.15) is 11.8 Å². The van der Waals surface area contributed by atoms with Crippen LogP contribution in [0.5, 0.6) is 0 Å². The molecular formula is C50H74F3NO11. The van der Waals surface area contributed by atoms with Gasteiger partial charge in [-0.2, -0.15) is 13.2 Å². The predicted molar refractivity (Wildman–Crippen MR) is 235 cm³/mol. The number of rotatable bonds is 14. The quantitative estimate of drug-likeness (QED) is 0.132. The minimum Gasteiger partial charge on any atom is -0.481 e. The zero-order chi connectivity index (χ0) is 48.0. The molecule has 5 heterocycles. The minimum absolute atomic E-state index is 0.0445. The molecule has 0 aromatic heterocycles. The second kappa shape index (κ2) is 19.6. The van der Waals surface area contributed by atoms with E-state index in [0.717, 1.165) is 18.6 Å². The fraction of sp³-hybridized carbons (Fsp3) is 0.780. The monoisotopic (exact) mass is 922 g/mol. The number of carbonyl (C=O) groups is 3. The zero-order valence-corrected chi connectivity index (χ0v) is 39.9. The number of halogens is 3. The van der Waals surface area contributed by atoms with E-state index in [2.05, 4.69) is 5.32 Å². The summed E-state index contributed by atoms with van der Waals surface area (Å²) in [5, 5.41) is 35.9. The summed E-state index contributed by atoms with van der Waals surface area (Å²) in [5.41, 5.74) is -3.11. The van der Waals surface area contributed by atoms with Crippen LogP contribution in [0.4, 0.5) is 13.2 Å². The minimum atomic E-state index is -4.66. The first-order valence-corrected chi connectivity index (χ1v) is 24.1. The number of aliphatic hydroxyl groups is 2. The van der Waals surface area contributed by atoms with E-state index >= 15 is 0 Å². The standard InChI is InChI=1S/C50H74F3NO11/c1-11-35(45(58)59)37-18-17-27(4)42(62-37)31(8)40(55)30(7)41(56)36(12-2)43-28(5)25-29(6)48(63-43)22-19-38(54-44(57)33-15-14-16-34(26-33)50(51,52)53)49(65-48)24-23-46(10,64-49)39-20-21-47(60,13-3)32(9)61-39/h14-16,19,22,26-32,35-40,42-43,55,60H,11-13,17-18,20-21,23-25H2,1-10H3,(H,54,57)(H,58,59)/t27-,28-,29+,30-,31-,32-,35+,36?,37+,38+,39+,40+,42+,43-,46-,47+,48-,49-/m0/s1. The van der Waals surface area contributed by atoms with E-state index in [9.17, 15) is 42.9 Å². The summed E-state index contributed by atoms with van der Waals surface area (Å²) in [7, 11) is 0. The SMILES string of the molecule is CCC(C(=O)[C@@H](C)[C@@H](O)[C@H](C)[C@@H]1O[C@@H]([C@@H](CC)C(=O)O)CC[C@@H]1C)[C@H]1O[C@]2(C=C[C@@H](NC(=O)c3cccc(C(F)(F)F)c3)[C@]3(CC[C@@](C)([C@H]4CC[C@](O)(CC)[C@H](C)O4)O3)O2)[C@H](C)C[C@@H]1C. The molecule has 65 heavy (non-hydrogen) atoms. The van der Waals surface area contributed by atoms with E-state index in [4.69, 9.17) is 23.7 Å². The summed E-state index contributed by atoms with van der Waals surface area (Å²) in [6, 6.07) is 3.24. The number of carboxylic acids is 1. The highest BCUT2D eigenvalue weighted by Crippen LogP contribution is 2.54. The van der Waals surface area contributed by atoms with Crippen molar-refractivity contribution in [1.82, 2.24) is 5.32 Å². The Morgan fingerprint density at radius 3 is 2.22 bits per heavy atom. The van der Waals surface area contributed by atoms with Crippen LogP contribution in [0.25, 0.3) is 0 Å². The molecule has 5 aliphatic heterocycles. The third-order valence-corrected chi connectivity index (χ3v) is 16.2. The van der Waals surface area contributed by atoms with Crippen molar-refractivity contribution in [3.05, 3.63) is 47.5 Å². The molecule has 0 aliphatic carbocycles. The summed E-state index contributed by atoms with van der Waals surface area (Å²) in [4.78, 5) is 40.6. The van der Waals surface area contributed by atoms with Crippen molar-refractivity contribution in [2.75, 3.05) is 0 Å². The Morgan fingerprint density at radius 1 is 0.908 bits per heavy atom. The fourth-order valence-corrected chi connectivity index (χ4v) is 11.7. The lowest BCUT2D eigenvalue weighted by molar-refractivity contribution is -0.397. The summed E-state index contributed by atoms with van der Waals surface area (Å²) >= 11 is 0. The van der Waals surface area contributed by atoms with Crippen LogP contribution in [-0.4, -0.2) is 98.4 Å². The smallest absolute Gasteiger partial charge is 0.416 e. The number of alkyl halides is 3. The lowest BCUT2D eigenvalue weighted by Crippen LogP contribution is -2.65. The average Bonchev–Trinajstić information content (AvgIpc) is 3.61. The Labute approximate surface area is 382 Å². The summed E-state index contributed by atoms with van der Waals surface area (Å²) in [5.74, 6) is -7.84. The van der Waals surface area contributed by atoms with Gasteiger partial charge in [0.2, 0.25) is 0 Å². The van der Waals surface area contributed by atoms with Crippen molar-refractivity contribution in [2.24, 2.45) is 41.4 Å². The number of Topliss-reactive ketones (excluding diaryl/α,β-unsaturated/α-hetero) is 1. The van der Waals surface area contributed by atoms with Crippen LogP contribution in [0, 0.1) is 41.4 Å². The van der Waals surface area contributed by atoms with Crippen molar-refractivity contribution >= 4 is 17.7 Å². The number of ketones is 1. The molecule has 18 atom stereocenters. The van der Waals surface area contributed by atoms with Crippen LogP contribution in [0.1, 0.15) is 149 Å². The van der Waals surface area contributed by atoms with E-state index < -0.39 is 113 Å². The number of aliphatic carboxylic acids is 1. The molecule has 1 aromatic rings. The van der Waals surface area contributed by atoms with Gasteiger partial charge in [-0.1, -0.05) is 67.5 Å². The van der Waals surface area contributed by atoms with Gasteiger partial charge in [0.05, 0.1) is 59.3 Å². The number of ether oxygens (including phenoxy) is 5. The molecule has 1 unspecified atom stereocenters. The molecule has 5 aliphatic rings. The predicted octanol–water partition coefficient (Wildman–Crippen LogP) is 8.64. The summed E-state index contributed by atoms with van der Waals surface area (Å²) in [6.07, 6.45) is 0.0859. The molecule has 4 fully saturated rings. The summed E-state index contributed by atoms with van der Waals surface area (Å²) < 4.78 is 75.4. The average molecular weight is 922 g/mol. The van der Waals surface area contributed by atoms with Crippen molar-refractivity contribution in [2.45, 2.75) is 205 Å². The highest BCUT2D eigenvalue weighted by molar-refractivity contribution is 5.94. The third-order valence-electron chi connectivity index (χ3n) is 16.2. The van der Waals surface area contributed by atoms with Gasteiger partial charge in [0, 0.05) is 35.7 Å². The molecule has 15 heteroatoms. The summed E-state index contributed by atoms with van der Waals surface area (Å²) in [6.45, 7) is 19.0. The van der Waals surface area contributed by atoms with Crippen molar-refractivity contribution in [1.29, 1.82) is 0 Å². The Hall–Kier alpha value is -2.92. The highest BCUT2D eigenvalue weighted by Gasteiger charge is 2.63. The maximum absolute atomic E-state index is 14.7. The Kier molecular flexibility index (Phi) is 15.5. The van der Waals surface area contributed by atoms with Gasteiger partial charge >= 0.3 is 12.1 Å². The molecule has 1 amide bonds. The first-order chi connectivity index (χ1) is 30.4. The van der Waals surface area contributed by atoms with Crippen molar-refractivity contribution in [3.8, 4) is 0 Å². The number of benzene rings is 1. The number of amides is 1. The molecule has 12 nitrogen and oxygen atoms in total. The number of hydrogen-bond acceptors (Lipinski definition) is 10. The molecule has 1 aromatic carbocycles. The van der Waals surface area contributed by atoms with Crippen LogP contribution >= 0.6 is 0 Å². The number of hydrogen-bond donors (Lipinski definition) is 4. The Bertz CT molecular complexity index is 1900. The molecule has 0 radical (unpaired) electrons. The molecule has 4 saturated heterocycles. The molecule has 2 spiro atoms. The first-order valence-electron chi connectivity index (χ1n) is 24.1. The van der Waals surface area contributed by atoms with Crippen LogP contribution < -0.4 is 5.32 Å². The van der Waals surface area contributed by atoms with Crippen LogP contribution in [-0.2, 0) is 39.4 Å². The number of nitrogens with one attached hydrogen (secondary N) is 1. The number of aliphatic hydroxyl groups excluding tert-OH is 1. The topological polar surface area (TPSA) is 170 Å². The van der Waals surface area contributed by atoms with Crippen LogP contribution in [0.2, 0.25) is 0 Å². The number of carboxylic acid groups (broad SMARTS) is 1. The van der Waals surface area contributed by atoms with E-state index in [1.807, 2.05) is 62.3 Å². The Balaban J connectivity index is 1.27. The lowest BCUT2D eigenvalue weighted by atomic mass is 9.72. The molecule has 0 bridgehead atoms. The van der Waals surface area contributed by atoms with Gasteiger partial charge in [-0.15, -0.1) is 0 Å². The van der Waals surface area contributed by atoms with Gasteiger partial charge in [-0.05, 0) is 108 Å². The van der Waals surface area contributed by atoms with Gasteiger partial charge in [-0.3, -0.25) is 14.4 Å². The molecule has 366 valence electrons. The van der Waals surface area contributed by atoms with Gasteiger partial charge < -0.3 is 44.3 Å². The second-order valence-electron chi connectivity index (χ2n) is 20.5. The number of carbonyl (C=O) groups excluding carboxylic acids is 2. The van der Waals surface area contributed by atoms with Crippen molar-refractivity contribution < 1.29 is 66.6 Å². The maximum atomic E-state index is 14.7. The molecule has 6 rings (SSSR count). The second-order valence-corrected chi connectivity index (χ2v) is 20.5. The van der Waals surface area contributed by atoms with E-state index in [-0.39, 0.29) is 35.5 Å². The zero-order valence-electron chi connectivity index (χ0n) is 39.9. The maximum Gasteiger partial charge on any atom is 0.416 e. The largest absolute Gasteiger partial charge is 0.481 e. The van der Waals surface area contributed by atoms with E-state index in [0.29, 0.717) is 51.4 Å². The Morgan fingerprint density at radius 2 is 1.60 bits per heavy atom. The third kappa shape index (κ3) is 10.1. The fourth-order valence-electron chi connectivity index (χ4n) is 11.7. The van der Waals surface area contributed by atoms with Crippen LogP contribution in [0.3, 0.4) is 0 Å². The van der Waals surface area contributed by atoms with Gasteiger partial charge in [0.25, 0.3) is 5.91 Å². The lowest BCUT2D eigenvalue weighted by Gasteiger charge is -2.55. The normalized spacial score (nSPS) is 40.0. The highest BCUT2D eigenvalue weighted by atomic mass is 19.4. The molecular weight excluding hydrogens is 848 g/mol. The van der Waals surface area contributed by atoms with E-state index in [1.54, 1.807) is 19.1 Å². The van der Waals surface area contributed by atoms with Crippen LogP contribution in [0.15, 0.2) is 36.4 Å². The van der Waals surface area contributed by atoms with Gasteiger partial charge in [0.15, 0.2) is 11.6 Å².